The number of esters is 1. The molecule has 0 saturated carbocycles. The number of halogens is 1. The number of thioether (sulfide) groups is 1. The third kappa shape index (κ3) is 5.22. The van der Waals surface area contributed by atoms with Crippen LogP contribution in [0.1, 0.15) is 31.0 Å². The molecule has 0 radical (unpaired) electrons. The SMILES string of the molecule is CCOC(=O)C1=C(C)NC(SCc2ccc(Br)cc2)=NC1c1ccccc1OC. The van der Waals surface area contributed by atoms with Crippen molar-refractivity contribution in [2.75, 3.05) is 13.7 Å². The maximum Gasteiger partial charge on any atom is 0.338 e. The fourth-order valence-corrected chi connectivity index (χ4v) is 4.21. The highest BCUT2D eigenvalue weighted by atomic mass is 79.9. The monoisotopic (exact) mass is 474 g/mol. The van der Waals surface area contributed by atoms with E-state index in [0.717, 1.165) is 26.7 Å². The van der Waals surface area contributed by atoms with E-state index in [1.54, 1.807) is 25.8 Å². The highest BCUT2D eigenvalue weighted by molar-refractivity contribution is 9.10. The lowest BCUT2D eigenvalue weighted by molar-refractivity contribution is -0.138. The van der Waals surface area contributed by atoms with E-state index in [1.165, 1.54) is 5.56 Å². The van der Waals surface area contributed by atoms with Crippen molar-refractivity contribution in [2.45, 2.75) is 25.6 Å². The van der Waals surface area contributed by atoms with E-state index in [0.29, 0.717) is 17.9 Å². The maximum atomic E-state index is 12.7. The minimum atomic E-state index is -0.487. The molecule has 1 heterocycles. The third-order valence-electron chi connectivity index (χ3n) is 4.44. The van der Waals surface area contributed by atoms with Crippen LogP contribution in [0.2, 0.25) is 0 Å². The molecule has 1 aliphatic rings. The zero-order chi connectivity index (χ0) is 20.8. The fourth-order valence-electron chi connectivity index (χ4n) is 3.04. The normalized spacial score (nSPS) is 16.1. The van der Waals surface area contributed by atoms with Crippen molar-refractivity contribution in [1.29, 1.82) is 0 Å². The lowest BCUT2D eigenvalue weighted by Gasteiger charge is -2.26. The molecule has 1 unspecified atom stereocenters. The Morgan fingerprint density at radius 2 is 1.93 bits per heavy atom. The number of nitrogens with one attached hydrogen (secondary N) is 1. The summed E-state index contributed by atoms with van der Waals surface area (Å²) in [5, 5.41) is 4.02. The Kier molecular flexibility index (Phi) is 7.39. The molecule has 0 aliphatic carbocycles. The number of methoxy groups -OCH3 is 1. The van der Waals surface area contributed by atoms with E-state index in [-0.39, 0.29) is 5.97 Å². The van der Waals surface area contributed by atoms with Gasteiger partial charge in [-0.25, -0.2) is 9.79 Å². The number of aliphatic imine (C=N–C) groups is 1. The highest BCUT2D eigenvalue weighted by Gasteiger charge is 2.32. The van der Waals surface area contributed by atoms with Gasteiger partial charge in [0.05, 0.1) is 19.3 Å². The second-order valence-corrected chi connectivity index (χ2v) is 8.26. The molecule has 29 heavy (non-hydrogen) atoms. The van der Waals surface area contributed by atoms with Crippen molar-refractivity contribution in [3.8, 4) is 5.75 Å². The maximum absolute atomic E-state index is 12.7. The number of benzene rings is 2. The average molecular weight is 475 g/mol. The first kappa shape index (κ1) is 21.5. The molecule has 0 spiro atoms. The van der Waals surface area contributed by atoms with E-state index >= 15 is 0 Å². The smallest absolute Gasteiger partial charge is 0.338 e. The van der Waals surface area contributed by atoms with E-state index < -0.39 is 6.04 Å². The van der Waals surface area contributed by atoms with Crippen LogP contribution in [0.25, 0.3) is 0 Å². The van der Waals surface area contributed by atoms with Gasteiger partial charge in [-0.2, -0.15) is 0 Å². The molecule has 5 nitrogen and oxygen atoms in total. The molecule has 0 amide bonds. The molecular weight excluding hydrogens is 452 g/mol. The molecule has 1 N–H and O–H groups in total. The standard InChI is InChI=1S/C22H23BrN2O3S/c1-4-28-21(26)19-14(2)24-22(29-13-15-9-11-16(23)12-10-15)25-20(19)17-7-5-6-8-18(17)27-3/h5-12,20H,4,13H2,1-3H3,(H,24,25). The number of hydrogen-bond donors (Lipinski definition) is 1. The Hall–Kier alpha value is -2.25. The van der Waals surface area contributed by atoms with Crippen molar-refractivity contribution < 1.29 is 14.3 Å². The van der Waals surface area contributed by atoms with E-state index in [4.69, 9.17) is 14.5 Å². The van der Waals surface area contributed by atoms with Crippen LogP contribution in [0.4, 0.5) is 0 Å². The molecule has 7 heteroatoms. The third-order valence-corrected chi connectivity index (χ3v) is 5.92. The number of amidine groups is 1. The Morgan fingerprint density at radius 1 is 1.21 bits per heavy atom. The fraction of sp³-hybridized carbons (Fsp3) is 0.273. The summed E-state index contributed by atoms with van der Waals surface area (Å²) >= 11 is 5.05. The molecule has 2 aromatic rings. The zero-order valence-electron chi connectivity index (χ0n) is 16.6. The van der Waals surface area contributed by atoms with Gasteiger partial charge in [-0.15, -0.1) is 0 Å². The number of rotatable bonds is 6. The molecule has 1 atom stereocenters. The van der Waals surface area contributed by atoms with Gasteiger partial charge < -0.3 is 14.8 Å². The molecule has 2 aromatic carbocycles. The van der Waals surface area contributed by atoms with Gasteiger partial charge in [-0.1, -0.05) is 58.0 Å². The predicted octanol–water partition coefficient (Wildman–Crippen LogP) is 5.23. The average Bonchev–Trinajstić information content (AvgIpc) is 2.73. The van der Waals surface area contributed by atoms with Gasteiger partial charge in [0, 0.05) is 21.5 Å². The summed E-state index contributed by atoms with van der Waals surface area (Å²) in [7, 11) is 1.62. The largest absolute Gasteiger partial charge is 0.496 e. The second-order valence-electron chi connectivity index (χ2n) is 6.38. The molecule has 0 bridgehead atoms. The summed E-state index contributed by atoms with van der Waals surface area (Å²) in [6.07, 6.45) is 0. The summed E-state index contributed by atoms with van der Waals surface area (Å²) < 4.78 is 11.9. The number of carbonyl (C=O) groups excluding carboxylic acids is 1. The lowest BCUT2D eigenvalue weighted by Crippen LogP contribution is -2.30. The number of nitrogens with zero attached hydrogens (tertiary/aromatic N) is 1. The molecule has 0 saturated heterocycles. The van der Waals surface area contributed by atoms with Crippen LogP contribution < -0.4 is 10.1 Å². The van der Waals surface area contributed by atoms with Gasteiger partial charge in [0.15, 0.2) is 5.17 Å². The summed E-state index contributed by atoms with van der Waals surface area (Å²) in [5.74, 6) is 1.09. The van der Waals surface area contributed by atoms with Crippen LogP contribution in [-0.4, -0.2) is 24.9 Å². The van der Waals surface area contributed by atoms with E-state index in [1.807, 2.05) is 43.3 Å². The number of carbonyl (C=O) groups is 1. The van der Waals surface area contributed by atoms with Crippen LogP contribution in [0.15, 0.2) is 69.3 Å². The Balaban J connectivity index is 1.92. The van der Waals surface area contributed by atoms with E-state index in [9.17, 15) is 4.79 Å². The molecular formula is C22H23BrN2O3S. The summed E-state index contributed by atoms with van der Waals surface area (Å²) in [4.78, 5) is 17.5. The van der Waals surface area contributed by atoms with Crippen molar-refractivity contribution >= 4 is 38.8 Å². The number of hydrogen-bond acceptors (Lipinski definition) is 6. The number of ether oxygens (including phenoxy) is 2. The molecule has 1 aliphatic heterocycles. The topological polar surface area (TPSA) is 59.9 Å². The van der Waals surface area contributed by atoms with Crippen LogP contribution in [0, 0.1) is 0 Å². The Bertz CT molecular complexity index is 941. The first-order valence-corrected chi connectivity index (χ1v) is 11.0. The Labute approximate surface area is 183 Å². The van der Waals surface area contributed by atoms with Crippen LogP contribution in [0.3, 0.4) is 0 Å². The van der Waals surface area contributed by atoms with Gasteiger partial charge in [0.25, 0.3) is 0 Å². The molecule has 0 fully saturated rings. The van der Waals surface area contributed by atoms with Crippen molar-refractivity contribution in [2.24, 2.45) is 4.99 Å². The highest BCUT2D eigenvalue weighted by Crippen LogP contribution is 2.37. The van der Waals surface area contributed by atoms with Gasteiger partial charge in [0.1, 0.15) is 11.8 Å². The first-order valence-electron chi connectivity index (χ1n) is 9.26. The number of para-hydroxylation sites is 1. The second kappa shape index (κ2) is 9.98. The minimum absolute atomic E-state index is 0.309. The predicted molar refractivity (Wildman–Crippen MR) is 121 cm³/mol. The van der Waals surface area contributed by atoms with Crippen molar-refractivity contribution in [3.05, 3.63) is 75.4 Å². The Morgan fingerprint density at radius 3 is 2.62 bits per heavy atom. The first-order chi connectivity index (χ1) is 14.0. The summed E-state index contributed by atoms with van der Waals surface area (Å²) in [6.45, 7) is 3.98. The van der Waals surface area contributed by atoms with Crippen LogP contribution in [0.5, 0.6) is 5.75 Å². The molecule has 0 aromatic heterocycles. The van der Waals surface area contributed by atoms with Gasteiger partial charge in [-0.05, 0) is 37.6 Å². The summed E-state index contributed by atoms with van der Waals surface area (Å²) in [6, 6.07) is 15.3. The van der Waals surface area contributed by atoms with Gasteiger partial charge >= 0.3 is 5.97 Å². The van der Waals surface area contributed by atoms with E-state index in [2.05, 4.69) is 33.4 Å². The zero-order valence-corrected chi connectivity index (χ0v) is 19.0. The molecule has 152 valence electrons. The van der Waals surface area contributed by atoms with Crippen LogP contribution >= 0.6 is 27.7 Å². The minimum Gasteiger partial charge on any atom is -0.496 e. The van der Waals surface area contributed by atoms with Crippen molar-refractivity contribution in [3.63, 3.8) is 0 Å². The number of allylic oxidation sites excluding steroid dienone is 1. The van der Waals surface area contributed by atoms with Gasteiger partial charge in [-0.3, -0.25) is 0 Å². The quantitative estimate of drug-likeness (QED) is 0.580. The van der Waals surface area contributed by atoms with Crippen molar-refractivity contribution in [1.82, 2.24) is 5.32 Å². The summed E-state index contributed by atoms with van der Waals surface area (Å²) in [5.41, 5.74) is 3.27. The van der Waals surface area contributed by atoms with Crippen LogP contribution in [-0.2, 0) is 15.3 Å². The lowest BCUT2D eigenvalue weighted by atomic mass is 9.96. The molecule has 3 rings (SSSR count). The van der Waals surface area contributed by atoms with Gasteiger partial charge in [0.2, 0.25) is 0 Å².